The Morgan fingerprint density at radius 2 is 2.09 bits per heavy atom. The average Bonchev–Trinajstić information content (AvgIpc) is 2.95. The van der Waals surface area contributed by atoms with E-state index in [1.54, 1.807) is 0 Å². The van der Waals surface area contributed by atoms with E-state index >= 15 is 0 Å². The molecule has 2 aromatic heterocycles. The molecule has 3 aromatic rings. The van der Waals surface area contributed by atoms with Gasteiger partial charge in [-0.3, -0.25) is 14.2 Å². The summed E-state index contributed by atoms with van der Waals surface area (Å²) in [6.07, 6.45) is 1.18. The molecule has 0 atom stereocenters. The van der Waals surface area contributed by atoms with Gasteiger partial charge in [-0.05, 0) is 24.3 Å². The van der Waals surface area contributed by atoms with Crippen LogP contribution in [0.2, 0.25) is 0 Å². The maximum atomic E-state index is 13.0. The highest BCUT2D eigenvalue weighted by Crippen LogP contribution is 2.24. The molecule has 0 aliphatic heterocycles. The summed E-state index contributed by atoms with van der Waals surface area (Å²) in [6, 6.07) is 5.45. The Balaban J connectivity index is 2.16. The zero-order chi connectivity index (χ0) is 15.7. The van der Waals surface area contributed by atoms with Gasteiger partial charge in [0.2, 0.25) is 0 Å². The fourth-order valence-corrected chi connectivity index (χ4v) is 2.00. The third-order valence-electron chi connectivity index (χ3n) is 3.11. The summed E-state index contributed by atoms with van der Waals surface area (Å²) in [5.74, 6) is -0.985. The van der Waals surface area contributed by atoms with Crippen LogP contribution in [0.1, 0.15) is 0 Å². The first-order chi connectivity index (χ1) is 10.6. The largest absolute Gasteiger partial charge is 0.468 e. The molecule has 0 aliphatic carbocycles. The summed E-state index contributed by atoms with van der Waals surface area (Å²) in [5, 5.41) is 3.93. The Morgan fingerprint density at radius 3 is 2.77 bits per heavy atom. The number of hydrogen-bond donors (Lipinski definition) is 0. The zero-order valence-corrected chi connectivity index (χ0v) is 11.4. The normalized spacial score (nSPS) is 10.8. The molecule has 112 valence electrons. The molecule has 22 heavy (non-hydrogen) atoms. The summed E-state index contributed by atoms with van der Waals surface area (Å²) in [4.78, 5) is 27.7. The van der Waals surface area contributed by atoms with Crippen molar-refractivity contribution >= 4 is 17.1 Å². The maximum absolute atomic E-state index is 13.0. The van der Waals surface area contributed by atoms with E-state index in [1.807, 2.05) is 0 Å². The highest BCUT2D eigenvalue weighted by molar-refractivity contribution is 5.88. The van der Waals surface area contributed by atoms with E-state index < -0.39 is 17.3 Å². The highest BCUT2D eigenvalue weighted by atomic mass is 19.1. The number of ether oxygens (including phenoxy) is 1. The van der Waals surface area contributed by atoms with Crippen LogP contribution in [0.15, 0.2) is 39.9 Å². The average molecular weight is 303 g/mol. The molecule has 0 saturated heterocycles. The van der Waals surface area contributed by atoms with E-state index in [0.29, 0.717) is 5.56 Å². The predicted octanol–water partition coefficient (Wildman–Crippen LogP) is 1.36. The Hall–Kier alpha value is -3.03. The second kappa shape index (κ2) is 5.40. The van der Waals surface area contributed by atoms with Crippen LogP contribution >= 0.6 is 0 Å². The molecule has 0 unspecified atom stereocenters. The van der Waals surface area contributed by atoms with Gasteiger partial charge < -0.3 is 9.26 Å². The van der Waals surface area contributed by atoms with Gasteiger partial charge in [0.05, 0.1) is 7.11 Å². The van der Waals surface area contributed by atoms with E-state index in [4.69, 9.17) is 4.52 Å². The predicted molar refractivity (Wildman–Crippen MR) is 73.5 cm³/mol. The molecule has 8 heteroatoms. The van der Waals surface area contributed by atoms with Gasteiger partial charge in [-0.1, -0.05) is 5.16 Å². The third kappa shape index (κ3) is 2.34. The summed E-state index contributed by atoms with van der Waals surface area (Å²) >= 11 is 0. The van der Waals surface area contributed by atoms with Crippen LogP contribution in [0.4, 0.5) is 4.39 Å². The van der Waals surface area contributed by atoms with Gasteiger partial charge >= 0.3 is 5.97 Å². The molecule has 0 saturated carbocycles. The summed E-state index contributed by atoms with van der Waals surface area (Å²) in [5.41, 5.74) is 0.308. The number of halogens is 1. The lowest BCUT2D eigenvalue weighted by Crippen LogP contribution is -2.25. The number of carbonyl (C=O) groups is 1. The summed E-state index contributed by atoms with van der Waals surface area (Å²) in [6.45, 7) is -0.272. The van der Waals surface area contributed by atoms with Crippen molar-refractivity contribution < 1.29 is 18.4 Å². The quantitative estimate of drug-likeness (QED) is 0.679. The number of hydrogen-bond acceptors (Lipinski definition) is 6. The molecule has 0 fully saturated rings. The minimum Gasteiger partial charge on any atom is -0.468 e. The van der Waals surface area contributed by atoms with Gasteiger partial charge in [0.1, 0.15) is 29.8 Å². The molecule has 2 heterocycles. The van der Waals surface area contributed by atoms with Crippen molar-refractivity contribution in [3.05, 3.63) is 46.8 Å². The molecular weight excluding hydrogens is 293 g/mol. The zero-order valence-electron chi connectivity index (χ0n) is 11.4. The lowest BCUT2D eigenvalue weighted by atomic mass is 10.1. The molecule has 0 bridgehead atoms. The van der Waals surface area contributed by atoms with E-state index in [2.05, 4.69) is 14.9 Å². The van der Waals surface area contributed by atoms with Crippen molar-refractivity contribution in [2.75, 3.05) is 7.11 Å². The van der Waals surface area contributed by atoms with Crippen molar-refractivity contribution in [1.29, 1.82) is 0 Å². The Morgan fingerprint density at radius 1 is 1.36 bits per heavy atom. The van der Waals surface area contributed by atoms with E-state index in [9.17, 15) is 14.0 Å². The third-order valence-corrected chi connectivity index (χ3v) is 3.11. The number of fused-ring (bicyclic) bond motifs is 1. The Bertz CT molecular complexity index is 899. The van der Waals surface area contributed by atoms with Crippen LogP contribution in [-0.2, 0) is 16.1 Å². The van der Waals surface area contributed by atoms with E-state index in [-0.39, 0.29) is 23.3 Å². The monoisotopic (exact) mass is 303 g/mol. The Kier molecular flexibility index (Phi) is 3.42. The van der Waals surface area contributed by atoms with Gasteiger partial charge in [0.25, 0.3) is 11.3 Å². The second-order valence-electron chi connectivity index (χ2n) is 4.47. The molecule has 0 radical (unpaired) electrons. The first-order valence-electron chi connectivity index (χ1n) is 6.27. The van der Waals surface area contributed by atoms with E-state index in [0.717, 1.165) is 4.57 Å². The fraction of sp³-hybridized carbons (Fsp3) is 0.143. The number of benzene rings is 1. The summed E-state index contributed by atoms with van der Waals surface area (Å²) in [7, 11) is 1.22. The van der Waals surface area contributed by atoms with Crippen LogP contribution < -0.4 is 5.56 Å². The minimum absolute atomic E-state index is 0.0467. The van der Waals surface area contributed by atoms with Crippen molar-refractivity contribution in [3.63, 3.8) is 0 Å². The van der Waals surface area contributed by atoms with Gasteiger partial charge in [0.15, 0.2) is 0 Å². The van der Waals surface area contributed by atoms with Crippen LogP contribution in [0, 0.1) is 5.82 Å². The first-order valence-corrected chi connectivity index (χ1v) is 6.27. The molecule has 0 amide bonds. The van der Waals surface area contributed by atoms with Crippen LogP contribution in [0.25, 0.3) is 22.4 Å². The fourth-order valence-electron chi connectivity index (χ4n) is 2.00. The molecule has 0 spiro atoms. The molecule has 7 nitrogen and oxygen atoms in total. The molecule has 3 rings (SSSR count). The maximum Gasteiger partial charge on any atom is 0.325 e. The topological polar surface area (TPSA) is 87.2 Å². The van der Waals surface area contributed by atoms with E-state index in [1.165, 1.54) is 37.7 Å². The number of methoxy groups -OCH3 is 1. The molecule has 0 aliphatic rings. The van der Waals surface area contributed by atoms with Crippen LogP contribution in [0.3, 0.4) is 0 Å². The second-order valence-corrected chi connectivity index (χ2v) is 4.47. The van der Waals surface area contributed by atoms with Gasteiger partial charge in [-0.2, -0.15) is 0 Å². The SMILES string of the molecule is COC(=O)Cn1cnc2onc(-c3ccc(F)cc3)c2c1=O. The first kappa shape index (κ1) is 13.9. The minimum atomic E-state index is -0.581. The molecule has 1 aromatic carbocycles. The standard InChI is InChI=1S/C14H10FN3O4/c1-21-10(19)6-18-7-16-13-11(14(18)20)12(17-22-13)8-2-4-9(15)5-3-8/h2-5,7H,6H2,1H3. The smallest absolute Gasteiger partial charge is 0.325 e. The molecular formula is C14H10FN3O4. The van der Waals surface area contributed by atoms with Crippen molar-refractivity contribution in [1.82, 2.24) is 14.7 Å². The lowest BCUT2D eigenvalue weighted by Gasteiger charge is -2.03. The molecule has 0 N–H and O–H groups in total. The van der Waals surface area contributed by atoms with Crippen molar-refractivity contribution in [2.24, 2.45) is 0 Å². The van der Waals surface area contributed by atoms with Gasteiger partial charge in [-0.15, -0.1) is 0 Å². The number of aromatic nitrogens is 3. The Labute approximate surface area is 122 Å². The van der Waals surface area contributed by atoms with Crippen molar-refractivity contribution in [3.8, 4) is 11.3 Å². The van der Waals surface area contributed by atoms with Crippen molar-refractivity contribution in [2.45, 2.75) is 6.54 Å². The van der Waals surface area contributed by atoms with Crippen LogP contribution in [-0.4, -0.2) is 27.8 Å². The summed E-state index contributed by atoms with van der Waals surface area (Å²) < 4.78 is 23.6. The number of nitrogens with zero attached hydrogens (tertiary/aromatic N) is 3. The van der Waals surface area contributed by atoms with Gasteiger partial charge in [-0.25, -0.2) is 9.37 Å². The highest BCUT2D eigenvalue weighted by Gasteiger charge is 2.18. The number of rotatable bonds is 3. The van der Waals surface area contributed by atoms with Crippen LogP contribution in [0.5, 0.6) is 0 Å². The lowest BCUT2D eigenvalue weighted by molar-refractivity contribution is -0.141. The number of carbonyl (C=O) groups excluding carboxylic acids is 1. The number of esters is 1. The van der Waals surface area contributed by atoms with Gasteiger partial charge in [0, 0.05) is 5.56 Å².